The minimum atomic E-state index is -4.64. The van der Waals surface area contributed by atoms with Gasteiger partial charge in [0.2, 0.25) is 5.91 Å². The minimum Gasteiger partial charge on any atom is -0.343 e. The smallest absolute Gasteiger partial charge is 0.343 e. The van der Waals surface area contributed by atoms with Crippen LogP contribution in [-0.2, 0) is 17.5 Å². The number of carbonyl (C=O) groups is 2. The molecule has 0 fully saturated rings. The molecule has 4 nitrogen and oxygen atoms in total. The van der Waals surface area contributed by atoms with E-state index in [4.69, 9.17) is 0 Å². The Morgan fingerprint density at radius 2 is 1.62 bits per heavy atom. The zero-order valence-electron chi connectivity index (χ0n) is 14.2. The fourth-order valence-corrected chi connectivity index (χ4v) is 2.47. The zero-order chi connectivity index (χ0) is 19.2. The molecule has 0 bridgehead atoms. The van der Waals surface area contributed by atoms with E-state index in [9.17, 15) is 22.8 Å². The third kappa shape index (κ3) is 5.08. The second kappa shape index (κ2) is 8.51. The van der Waals surface area contributed by atoms with Gasteiger partial charge in [0.15, 0.2) is 0 Å². The highest BCUT2D eigenvalue weighted by atomic mass is 19.4. The van der Waals surface area contributed by atoms with Gasteiger partial charge < -0.3 is 10.2 Å². The predicted octanol–water partition coefficient (Wildman–Crippen LogP) is 3.48. The summed E-state index contributed by atoms with van der Waals surface area (Å²) >= 11 is 0. The van der Waals surface area contributed by atoms with Gasteiger partial charge in [0.1, 0.15) is 0 Å². The van der Waals surface area contributed by atoms with E-state index >= 15 is 0 Å². The van der Waals surface area contributed by atoms with Crippen LogP contribution in [-0.4, -0.2) is 29.8 Å². The maximum Gasteiger partial charge on any atom is 0.417 e. The normalized spacial score (nSPS) is 11.1. The van der Waals surface area contributed by atoms with Crippen LogP contribution in [0.2, 0.25) is 0 Å². The van der Waals surface area contributed by atoms with Crippen molar-refractivity contribution in [1.82, 2.24) is 10.2 Å². The fraction of sp³-hybridized carbons (Fsp3) is 0.263. The van der Waals surface area contributed by atoms with Crippen molar-refractivity contribution < 1.29 is 22.8 Å². The summed E-state index contributed by atoms with van der Waals surface area (Å²) < 4.78 is 38.9. The molecule has 2 aromatic carbocycles. The monoisotopic (exact) mass is 364 g/mol. The summed E-state index contributed by atoms with van der Waals surface area (Å²) in [5.74, 6) is -1.30. The summed E-state index contributed by atoms with van der Waals surface area (Å²) in [6.45, 7) is 2.21. The Balaban J connectivity index is 2.01. The second-order valence-electron chi connectivity index (χ2n) is 5.62. The van der Waals surface area contributed by atoms with Crippen LogP contribution >= 0.6 is 0 Å². The van der Waals surface area contributed by atoms with Gasteiger partial charge in [-0.1, -0.05) is 42.5 Å². The van der Waals surface area contributed by atoms with Crippen LogP contribution in [0, 0.1) is 0 Å². The van der Waals surface area contributed by atoms with Crippen molar-refractivity contribution in [1.29, 1.82) is 0 Å². The van der Waals surface area contributed by atoms with Crippen molar-refractivity contribution in [2.45, 2.75) is 19.6 Å². The van der Waals surface area contributed by atoms with Crippen LogP contribution < -0.4 is 5.32 Å². The summed E-state index contributed by atoms with van der Waals surface area (Å²) in [5.41, 5.74) is -0.600. The van der Waals surface area contributed by atoms with Gasteiger partial charge >= 0.3 is 6.18 Å². The van der Waals surface area contributed by atoms with Crippen LogP contribution in [0.5, 0.6) is 0 Å². The highest BCUT2D eigenvalue weighted by Gasteiger charge is 2.34. The first-order valence-corrected chi connectivity index (χ1v) is 8.09. The summed E-state index contributed by atoms with van der Waals surface area (Å²) in [6, 6.07) is 13.8. The first-order chi connectivity index (χ1) is 12.3. The molecule has 0 aliphatic rings. The molecule has 138 valence electrons. The number of nitrogens with one attached hydrogen (secondary N) is 1. The Morgan fingerprint density at radius 1 is 1.00 bits per heavy atom. The van der Waals surface area contributed by atoms with Gasteiger partial charge in [0.05, 0.1) is 17.7 Å². The number of nitrogens with zero attached hydrogens (tertiary/aromatic N) is 1. The SMILES string of the molecule is CCN(Cc1ccccc1)C(=O)CNC(=O)c1ccccc1C(F)(F)F. The minimum absolute atomic E-state index is 0.366. The van der Waals surface area contributed by atoms with Crippen LogP contribution in [0.3, 0.4) is 0 Å². The van der Waals surface area contributed by atoms with Crippen molar-refractivity contribution in [2.75, 3.05) is 13.1 Å². The molecule has 0 spiro atoms. The van der Waals surface area contributed by atoms with E-state index in [1.807, 2.05) is 30.3 Å². The number of hydrogen-bond acceptors (Lipinski definition) is 2. The maximum atomic E-state index is 13.0. The standard InChI is InChI=1S/C19H19F3N2O2/c1-2-24(13-14-8-4-3-5-9-14)17(25)12-23-18(26)15-10-6-7-11-16(15)19(20,21)22/h3-11H,2,12-13H2,1H3,(H,23,26). The number of amides is 2. The molecular weight excluding hydrogens is 345 g/mol. The Bertz CT molecular complexity index is 761. The van der Waals surface area contributed by atoms with E-state index < -0.39 is 23.2 Å². The summed E-state index contributed by atoms with van der Waals surface area (Å²) in [7, 11) is 0. The average molecular weight is 364 g/mol. The fourth-order valence-electron chi connectivity index (χ4n) is 2.47. The van der Waals surface area contributed by atoms with Crippen molar-refractivity contribution in [3.05, 3.63) is 71.3 Å². The number of likely N-dealkylation sites (N-methyl/N-ethyl adjacent to an activating group) is 1. The molecule has 0 atom stereocenters. The molecule has 7 heteroatoms. The average Bonchev–Trinajstić information content (AvgIpc) is 2.64. The van der Waals surface area contributed by atoms with Gasteiger partial charge in [-0.3, -0.25) is 9.59 Å². The third-order valence-corrected chi connectivity index (χ3v) is 3.83. The summed E-state index contributed by atoms with van der Waals surface area (Å²) in [5, 5.41) is 2.28. The second-order valence-corrected chi connectivity index (χ2v) is 5.62. The van der Waals surface area contributed by atoms with Crippen molar-refractivity contribution in [2.24, 2.45) is 0 Å². The first-order valence-electron chi connectivity index (χ1n) is 8.09. The molecule has 0 saturated carbocycles. The number of alkyl halides is 3. The van der Waals surface area contributed by atoms with Crippen molar-refractivity contribution in [3.63, 3.8) is 0 Å². The van der Waals surface area contributed by atoms with Crippen molar-refractivity contribution >= 4 is 11.8 Å². The van der Waals surface area contributed by atoms with Gasteiger partial charge in [-0.2, -0.15) is 13.2 Å². The molecule has 0 heterocycles. The molecule has 1 N–H and O–H groups in total. The number of hydrogen-bond donors (Lipinski definition) is 1. The van der Waals surface area contributed by atoms with E-state index in [1.165, 1.54) is 17.0 Å². The number of rotatable bonds is 6. The lowest BCUT2D eigenvalue weighted by atomic mass is 10.1. The van der Waals surface area contributed by atoms with Gasteiger partial charge in [-0.15, -0.1) is 0 Å². The number of carbonyl (C=O) groups excluding carboxylic acids is 2. The lowest BCUT2D eigenvalue weighted by Crippen LogP contribution is -2.40. The highest BCUT2D eigenvalue weighted by molar-refractivity contribution is 5.97. The van der Waals surface area contributed by atoms with Gasteiger partial charge in [0.25, 0.3) is 5.91 Å². The largest absolute Gasteiger partial charge is 0.417 e. The lowest BCUT2D eigenvalue weighted by Gasteiger charge is -2.21. The molecule has 2 aromatic rings. The molecule has 0 aliphatic heterocycles. The molecule has 0 aromatic heterocycles. The summed E-state index contributed by atoms with van der Waals surface area (Å²) in [6.07, 6.45) is -4.64. The Kier molecular flexibility index (Phi) is 6.38. The maximum absolute atomic E-state index is 13.0. The molecule has 26 heavy (non-hydrogen) atoms. The Morgan fingerprint density at radius 3 is 2.23 bits per heavy atom. The molecule has 0 saturated heterocycles. The van der Waals surface area contributed by atoms with E-state index in [0.717, 1.165) is 17.7 Å². The lowest BCUT2D eigenvalue weighted by molar-refractivity contribution is -0.137. The highest BCUT2D eigenvalue weighted by Crippen LogP contribution is 2.31. The van der Waals surface area contributed by atoms with Crippen LogP contribution in [0.15, 0.2) is 54.6 Å². The van der Waals surface area contributed by atoms with Gasteiger partial charge in [0, 0.05) is 13.1 Å². The van der Waals surface area contributed by atoms with E-state index in [2.05, 4.69) is 5.32 Å². The van der Waals surface area contributed by atoms with E-state index in [1.54, 1.807) is 6.92 Å². The molecule has 2 amide bonds. The Hall–Kier alpha value is -2.83. The molecular formula is C19H19F3N2O2. The molecule has 0 radical (unpaired) electrons. The zero-order valence-corrected chi connectivity index (χ0v) is 14.2. The molecule has 2 rings (SSSR count). The number of halogens is 3. The Labute approximate surface area is 149 Å². The van der Waals surface area contributed by atoms with Crippen LogP contribution in [0.1, 0.15) is 28.4 Å². The molecule has 0 aliphatic carbocycles. The van der Waals surface area contributed by atoms with Crippen LogP contribution in [0.25, 0.3) is 0 Å². The van der Waals surface area contributed by atoms with E-state index in [-0.39, 0.29) is 12.5 Å². The van der Waals surface area contributed by atoms with E-state index in [0.29, 0.717) is 13.1 Å². The van der Waals surface area contributed by atoms with Gasteiger partial charge in [-0.05, 0) is 24.6 Å². The van der Waals surface area contributed by atoms with Crippen LogP contribution in [0.4, 0.5) is 13.2 Å². The quantitative estimate of drug-likeness (QED) is 0.853. The topological polar surface area (TPSA) is 49.4 Å². The first kappa shape index (κ1) is 19.5. The summed E-state index contributed by atoms with van der Waals surface area (Å²) in [4.78, 5) is 25.9. The van der Waals surface area contributed by atoms with Gasteiger partial charge in [-0.25, -0.2) is 0 Å². The number of benzene rings is 2. The predicted molar refractivity (Wildman–Crippen MR) is 91.3 cm³/mol. The molecule has 0 unspecified atom stereocenters. The third-order valence-electron chi connectivity index (χ3n) is 3.83. The van der Waals surface area contributed by atoms with Crippen molar-refractivity contribution in [3.8, 4) is 0 Å².